The van der Waals surface area contributed by atoms with Crippen LogP contribution in [-0.4, -0.2) is 42.6 Å². The van der Waals surface area contributed by atoms with Crippen LogP contribution in [0.15, 0.2) is 27.8 Å². The maximum absolute atomic E-state index is 11.5. The highest BCUT2D eigenvalue weighted by Crippen LogP contribution is 2.29. The van der Waals surface area contributed by atoms with E-state index >= 15 is 0 Å². The van der Waals surface area contributed by atoms with E-state index in [2.05, 4.69) is 20.9 Å². The van der Waals surface area contributed by atoms with Crippen molar-refractivity contribution < 1.29 is 14.1 Å². The molecule has 114 valence electrons. The van der Waals surface area contributed by atoms with E-state index in [1.165, 1.54) is 11.8 Å². The molecule has 0 bridgehead atoms. The fourth-order valence-corrected chi connectivity index (χ4v) is 4.13. The number of thioether (sulfide) groups is 1. The highest BCUT2D eigenvalue weighted by atomic mass is 79.9. The largest absolute Gasteiger partial charge is 0.481 e. The quantitative estimate of drug-likeness (QED) is 0.767. The molecule has 1 heterocycles. The van der Waals surface area contributed by atoms with E-state index in [4.69, 9.17) is 5.11 Å². The monoisotopic (exact) mass is 390 g/mol. The fraction of sp³-hybridized carbons (Fsp3) is 0.385. The highest BCUT2D eigenvalue weighted by Gasteiger charge is 2.18. The number of carbonyl (C=O) groups is 1. The van der Waals surface area contributed by atoms with Crippen LogP contribution in [0.4, 0.5) is 0 Å². The first-order chi connectivity index (χ1) is 9.88. The zero-order chi connectivity index (χ0) is 15.6. The number of rotatable bonds is 6. The van der Waals surface area contributed by atoms with Crippen LogP contribution >= 0.6 is 27.7 Å². The number of carboxylic acid groups (broad SMARTS) is 1. The number of imidazole rings is 1. The van der Waals surface area contributed by atoms with Crippen molar-refractivity contribution in [3.8, 4) is 0 Å². The van der Waals surface area contributed by atoms with Crippen molar-refractivity contribution in [3.05, 3.63) is 22.7 Å². The third-order valence-electron chi connectivity index (χ3n) is 2.86. The number of benzene rings is 1. The SMILES string of the molecule is CC(CS(C)=O)n1c(SCC(=O)O)nc2cc(Br)ccc21. The zero-order valence-corrected chi connectivity index (χ0v) is 14.8. The van der Waals surface area contributed by atoms with Crippen LogP contribution in [0.1, 0.15) is 13.0 Å². The summed E-state index contributed by atoms with van der Waals surface area (Å²) in [5, 5.41) is 9.50. The molecule has 0 spiro atoms. The van der Waals surface area contributed by atoms with Crippen molar-refractivity contribution in [2.45, 2.75) is 18.1 Å². The molecule has 2 unspecified atom stereocenters. The molecule has 1 aromatic carbocycles. The highest BCUT2D eigenvalue weighted by molar-refractivity contribution is 9.10. The standard InChI is InChI=1S/C13H15BrN2O3S2/c1-8(7-21(2)19)16-11-4-3-9(14)5-10(11)15-13(16)20-6-12(17)18/h3-5,8H,6-7H2,1-2H3,(H,17,18). The maximum Gasteiger partial charge on any atom is 0.313 e. The Bertz CT molecular complexity index is 702. The van der Waals surface area contributed by atoms with Gasteiger partial charge in [0.2, 0.25) is 0 Å². The first kappa shape index (κ1) is 16.5. The molecular formula is C13H15BrN2O3S2. The first-order valence-electron chi connectivity index (χ1n) is 6.20. The van der Waals surface area contributed by atoms with Gasteiger partial charge in [0.05, 0.1) is 16.8 Å². The van der Waals surface area contributed by atoms with E-state index in [1.807, 2.05) is 29.7 Å². The summed E-state index contributed by atoms with van der Waals surface area (Å²) in [5.74, 6) is -0.430. The molecule has 2 rings (SSSR count). The third-order valence-corrected chi connectivity index (χ3v) is 5.24. The van der Waals surface area contributed by atoms with E-state index in [1.54, 1.807) is 6.26 Å². The molecule has 8 heteroatoms. The van der Waals surface area contributed by atoms with Gasteiger partial charge in [-0.05, 0) is 25.1 Å². The van der Waals surface area contributed by atoms with Crippen LogP contribution in [0.2, 0.25) is 0 Å². The molecule has 21 heavy (non-hydrogen) atoms. The predicted octanol–water partition coefficient (Wildman–Crippen LogP) is 2.92. The summed E-state index contributed by atoms with van der Waals surface area (Å²) >= 11 is 4.59. The van der Waals surface area contributed by atoms with Crippen molar-refractivity contribution >= 4 is 55.5 Å². The van der Waals surface area contributed by atoms with E-state index in [0.717, 1.165) is 15.5 Å². The second kappa shape index (κ2) is 6.93. The lowest BCUT2D eigenvalue weighted by Gasteiger charge is -2.16. The summed E-state index contributed by atoms with van der Waals surface area (Å²) in [4.78, 5) is 15.3. The van der Waals surface area contributed by atoms with E-state index < -0.39 is 16.8 Å². The normalized spacial score (nSPS) is 14.2. The molecule has 2 atom stereocenters. The molecular weight excluding hydrogens is 376 g/mol. The summed E-state index contributed by atoms with van der Waals surface area (Å²) in [5.41, 5.74) is 1.72. The summed E-state index contributed by atoms with van der Waals surface area (Å²) in [6.45, 7) is 1.97. The van der Waals surface area contributed by atoms with Crippen LogP contribution in [0.3, 0.4) is 0 Å². The minimum absolute atomic E-state index is 0.0155. The average molecular weight is 391 g/mol. The molecule has 5 nitrogen and oxygen atoms in total. The smallest absolute Gasteiger partial charge is 0.313 e. The Kier molecular flexibility index (Phi) is 5.45. The molecule has 0 saturated carbocycles. The van der Waals surface area contributed by atoms with E-state index in [9.17, 15) is 9.00 Å². The minimum atomic E-state index is -0.932. The van der Waals surface area contributed by atoms with Crippen LogP contribution in [0, 0.1) is 0 Å². The lowest BCUT2D eigenvalue weighted by molar-refractivity contribution is -0.133. The number of hydrogen-bond donors (Lipinski definition) is 1. The first-order valence-corrected chi connectivity index (χ1v) is 9.71. The van der Waals surface area contributed by atoms with Gasteiger partial charge in [-0.25, -0.2) is 4.98 Å². The Balaban J connectivity index is 2.48. The van der Waals surface area contributed by atoms with Gasteiger partial charge >= 0.3 is 5.97 Å². The van der Waals surface area contributed by atoms with Gasteiger partial charge in [-0.15, -0.1) is 0 Å². The Morgan fingerprint density at radius 1 is 1.57 bits per heavy atom. The van der Waals surface area contributed by atoms with Gasteiger partial charge < -0.3 is 9.67 Å². The molecule has 0 radical (unpaired) electrons. The third kappa shape index (κ3) is 4.08. The molecule has 2 aromatic rings. The summed E-state index contributed by atoms with van der Waals surface area (Å²) < 4.78 is 14.4. The Labute approximate surface area is 137 Å². The topological polar surface area (TPSA) is 72.2 Å². The summed E-state index contributed by atoms with van der Waals surface area (Å²) in [6, 6.07) is 5.73. The lowest BCUT2D eigenvalue weighted by atomic mass is 10.3. The van der Waals surface area contributed by atoms with Crippen LogP contribution in [0.25, 0.3) is 11.0 Å². The average Bonchev–Trinajstić information content (AvgIpc) is 2.72. The van der Waals surface area contributed by atoms with Crippen molar-refractivity contribution in [1.82, 2.24) is 9.55 Å². The van der Waals surface area contributed by atoms with Gasteiger partial charge in [0.25, 0.3) is 0 Å². The van der Waals surface area contributed by atoms with Crippen LogP contribution < -0.4 is 0 Å². The van der Waals surface area contributed by atoms with Crippen molar-refractivity contribution in [3.63, 3.8) is 0 Å². The molecule has 0 amide bonds. The summed E-state index contributed by atoms with van der Waals surface area (Å²) in [7, 11) is -0.932. The van der Waals surface area contributed by atoms with Gasteiger partial charge in [-0.1, -0.05) is 27.7 Å². The number of halogens is 1. The van der Waals surface area contributed by atoms with E-state index in [-0.39, 0.29) is 11.8 Å². The number of fused-ring (bicyclic) bond motifs is 1. The molecule has 0 aliphatic rings. The number of aliphatic carboxylic acids is 1. The van der Waals surface area contributed by atoms with E-state index in [0.29, 0.717) is 10.9 Å². The van der Waals surface area contributed by atoms with Gasteiger partial charge in [-0.3, -0.25) is 9.00 Å². The number of nitrogens with zero attached hydrogens (tertiary/aromatic N) is 2. The molecule has 1 aromatic heterocycles. The predicted molar refractivity (Wildman–Crippen MR) is 89.4 cm³/mol. The van der Waals surface area contributed by atoms with Gasteiger partial charge in [-0.2, -0.15) is 0 Å². The van der Waals surface area contributed by atoms with Crippen molar-refractivity contribution in [2.75, 3.05) is 17.8 Å². The van der Waals surface area contributed by atoms with Gasteiger partial charge in [0, 0.05) is 33.3 Å². The Morgan fingerprint density at radius 3 is 2.90 bits per heavy atom. The summed E-state index contributed by atoms with van der Waals surface area (Å²) in [6.07, 6.45) is 1.66. The second-order valence-electron chi connectivity index (χ2n) is 4.67. The van der Waals surface area contributed by atoms with Gasteiger partial charge in [0.15, 0.2) is 5.16 Å². The Morgan fingerprint density at radius 2 is 2.29 bits per heavy atom. The molecule has 0 saturated heterocycles. The Hall–Kier alpha value is -0.860. The van der Waals surface area contributed by atoms with Crippen LogP contribution in [0.5, 0.6) is 0 Å². The number of carboxylic acids is 1. The van der Waals surface area contributed by atoms with Crippen LogP contribution in [-0.2, 0) is 15.6 Å². The van der Waals surface area contributed by atoms with Gasteiger partial charge in [0.1, 0.15) is 0 Å². The minimum Gasteiger partial charge on any atom is -0.481 e. The number of aromatic nitrogens is 2. The molecule has 0 aliphatic carbocycles. The lowest BCUT2D eigenvalue weighted by Crippen LogP contribution is -2.14. The maximum atomic E-state index is 11.5. The fourth-order valence-electron chi connectivity index (χ4n) is 2.12. The molecule has 1 N–H and O–H groups in total. The zero-order valence-electron chi connectivity index (χ0n) is 11.6. The second-order valence-corrected chi connectivity index (χ2v) is 8.01. The van der Waals surface area contributed by atoms with Crippen molar-refractivity contribution in [2.24, 2.45) is 0 Å². The van der Waals surface area contributed by atoms with Crippen molar-refractivity contribution in [1.29, 1.82) is 0 Å². The molecule has 0 aliphatic heterocycles. The number of hydrogen-bond acceptors (Lipinski definition) is 4. The molecule has 0 fully saturated rings.